The molecular formula is C15H14N2O2S. The molecule has 20 heavy (non-hydrogen) atoms. The van der Waals surface area contributed by atoms with Crippen LogP contribution >= 0.6 is 12.2 Å². The minimum atomic E-state index is 0.226. The van der Waals surface area contributed by atoms with E-state index in [9.17, 15) is 5.11 Å². The van der Waals surface area contributed by atoms with E-state index in [1.165, 1.54) is 0 Å². The average molecular weight is 286 g/mol. The third kappa shape index (κ3) is 3.80. The quantitative estimate of drug-likeness (QED) is 0.515. The Morgan fingerprint density at radius 3 is 2.40 bits per heavy atom. The van der Waals surface area contributed by atoms with Gasteiger partial charge in [0.1, 0.15) is 16.5 Å². The molecule has 0 aliphatic rings. The van der Waals surface area contributed by atoms with Crippen molar-refractivity contribution in [1.29, 1.82) is 0 Å². The predicted octanol–water partition coefficient (Wildman–Crippen LogP) is 2.70. The fourth-order valence-corrected chi connectivity index (χ4v) is 1.72. The first kappa shape index (κ1) is 14.0. The molecule has 0 saturated carbocycles. The van der Waals surface area contributed by atoms with Crippen LogP contribution in [0.2, 0.25) is 0 Å². The Labute approximate surface area is 122 Å². The van der Waals surface area contributed by atoms with Gasteiger partial charge >= 0.3 is 0 Å². The second-order valence-corrected chi connectivity index (χ2v) is 4.43. The largest absolute Gasteiger partial charge is 0.508 e. The lowest BCUT2D eigenvalue weighted by Crippen LogP contribution is -2.16. The molecule has 0 radical (unpaired) electrons. The molecule has 4 nitrogen and oxygen atoms in total. The molecule has 2 aromatic carbocycles. The van der Waals surface area contributed by atoms with Gasteiger partial charge in [-0.25, -0.2) is 0 Å². The summed E-state index contributed by atoms with van der Waals surface area (Å²) in [5.74, 6) is 1.01. The Balaban J connectivity index is 1.95. The second-order valence-electron chi connectivity index (χ2n) is 4.02. The third-order valence-electron chi connectivity index (χ3n) is 2.63. The Morgan fingerprint density at radius 1 is 1.15 bits per heavy atom. The minimum Gasteiger partial charge on any atom is -0.508 e. The Kier molecular flexibility index (Phi) is 4.68. The molecule has 2 rings (SSSR count). The van der Waals surface area contributed by atoms with Crippen molar-refractivity contribution in [3.8, 4) is 11.5 Å². The second kappa shape index (κ2) is 6.68. The maximum atomic E-state index is 9.17. The molecule has 0 fully saturated rings. The van der Waals surface area contributed by atoms with Gasteiger partial charge in [0.15, 0.2) is 0 Å². The smallest absolute Gasteiger partial charge is 0.126 e. The van der Waals surface area contributed by atoms with Crippen molar-refractivity contribution >= 4 is 23.4 Å². The van der Waals surface area contributed by atoms with Gasteiger partial charge in [-0.3, -0.25) is 5.43 Å². The normalized spacial score (nSPS) is 10.4. The fraction of sp³-hybridized carbons (Fsp3) is 0.0667. The number of rotatable bonds is 4. The summed E-state index contributed by atoms with van der Waals surface area (Å²) in [6, 6.07) is 14.1. The Hall–Kier alpha value is -2.40. The Morgan fingerprint density at radius 2 is 1.80 bits per heavy atom. The number of aromatic hydroxyl groups is 1. The van der Waals surface area contributed by atoms with Crippen LogP contribution in [0.1, 0.15) is 11.1 Å². The van der Waals surface area contributed by atoms with Crippen LogP contribution in [0.15, 0.2) is 53.6 Å². The summed E-state index contributed by atoms with van der Waals surface area (Å²) in [6.45, 7) is 0. The number of hydrogen-bond acceptors (Lipinski definition) is 4. The maximum Gasteiger partial charge on any atom is 0.126 e. The van der Waals surface area contributed by atoms with Gasteiger partial charge in [-0.05, 0) is 54.1 Å². The topological polar surface area (TPSA) is 53.8 Å². The van der Waals surface area contributed by atoms with E-state index in [2.05, 4.69) is 10.5 Å². The average Bonchev–Trinajstić information content (AvgIpc) is 2.49. The molecular weight excluding hydrogens is 272 g/mol. The molecule has 0 spiro atoms. The molecule has 0 heterocycles. The number of nitrogens with zero attached hydrogens (tertiary/aromatic N) is 1. The van der Waals surface area contributed by atoms with Gasteiger partial charge in [0.05, 0.1) is 13.3 Å². The van der Waals surface area contributed by atoms with Gasteiger partial charge < -0.3 is 9.84 Å². The van der Waals surface area contributed by atoms with E-state index < -0.39 is 0 Å². The van der Waals surface area contributed by atoms with Crippen LogP contribution in [0.3, 0.4) is 0 Å². The van der Waals surface area contributed by atoms with E-state index in [1.54, 1.807) is 37.6 Å². The van der Waals surface area contributed by atoms with Gasteiger partial charge in [-0.1, -0.05) is 12.2 Å². The highest BCUT2D eigenvalue weighted by Gasteiger charge is 1.99. The number of phenols is 1. The third-order valence-corrected chi connectivity index (χ3v) is 2.95. The zero-order chi connectivity index (χ0) is 14.4. The van der Waals surface area contributed by atoms with Crippen LogP contribution < -0.4 is 10.2 Å². The first-order chi connectivity index (χ1) is 9.69. The van der Waals surface area contributed by atoms with Crippen LogP contribution in [0.5, 0.6) is 11.5 Å². The van der Waals surface area contributed by atoms with Crippen LogP contribution in [0, 0.1) is 0 Å². The van der Waals surface area contributed by atoms with Gasteiger partial charge in [-0.15, -0.1) is 0 Å². The lowest BCUT2D eigenvalue weighted by Gasteiger charge is -2.04. The number of benzene rings is 2. The highest BCUT2D eigenvalue weighted by atomic mass is 32.1. The molecule has 5 heteroatoms. The first-order valence-corrected chi connectivity index (χ1v) is 6.36. The first-order valence-electron chi connectivity index (χ1n) is 5.95. The predicted molar refractivity (Wildman–Crippen MR) is 83.5 cm³/mol. The molecule has 0 aromatic heterocycles. The summed E-state index contributed by atoms with van der Waals surface area (Å²) >= 11 is 5.23. The number of hydrazone groups is 1. The molecule has 0 aliphatic carbocycles. The lowest BCUT2D eigenvalue weighted by molar-refractivity contribution is 0.415. The van der Waals surface area contributed by atoms with Gasteiger partial charge in [0.25, 0.3) is 0 Å². The number of ether oxygens (including phenoxy) is 1. The summed E-state index contributed by atoms with van der Waals surface area (Å²) in [6.07, 6.45) is 1.63. The zero-order valence-corrected chi connectivity index (χ0v) is 11.7. The van der Waals surface area contributed by atoms with Gasteiger partial charge in [-0.2, -0.15) is 5.10 Å². The van der Waals surface area contributed by atoms with Crippen molar-refractivity contribution in [2.45, 2.75) is 0 Å². The van der Waals surface area contributed by atoms with Crippen LogP contribution in [0.25, 0.3) is 0 Å². The highest BCUT2D eigenvalue weighted by Crippen LogP contribution is 2.11. The number of hydrogen-bond donors (Lipinski definition) is 2. The monoisotopic (exact) mass is 286 g/mol. The van der Waals surface area contributed by atoms with E-state index >= 15 is 0 Å². The van der Waals surface area contributed by atoms with Gasteiger partial charge in [0, 0.05) is 5.56 Å². The summed E-state index contributed by atoms with van der Waals surface area (Å²) in [5.41, 5.74) is 4.53. The van der Waals surface area contributed by atoms with Crippen LogP contribution in [0.4, 0.5) is 0 Å². The molecule has 2 N–H and O–H groups in total. The van der Waals surface area contributed by atoms with Crippen molar-refractivity contribution < 1.29 is 9.84 Å². The van der Waals surface area contributed by atoms with Gasteiger partial charge in [0.2, 0.25) is 0 Å². The van der Waals surface area contributed by atoms with Crippen molar-refractivity contribution in [2.75, 3.05) is 7.11 Å². The van der Waals surface area contributed by atoms with E-state index in [0.717, 1.165) is 16.9 Å². The fourth-order valence-electron chi connectivity index (χ4n) is 1.53. The minimum absolute atomic E-state index is 0.226. The number of thiocarbonyl (C=S) groups is 1. The summed E-state index contributed by atoms with van der Waals surface area (Å²) in [7, 11) is 1.62. The van der Waals surface area contributed by atoms with E-state index in [4.69, 9.17) is 17.0 Å². The SMILES string of the molecule is COc1ccc(C(=S)N/N=C/c2ccc(O)cc2)cc1. The number of nitrogens with one attached hydrogen (secondary N) is 1. The molecule has 2 aromatic rings. The van der Waals surface area contributed by atoms with Crippen molar-refractivity contribution in [3.63, 3.8) is 0 Å². The summed E-state index contributed by atoms with van der Waals surface area (Å²) in [5, 5.41) is 13.2. The van der Waals surface area contributed by atoms with E-state index in [1.807, 2.05) is 24.3 Å². The molecule has 0 amide bonds. The van der Waals surface area contributed by atoms with Crippen LogP contribution in [-0.4, -0.2) is 23.4 Å². The molecule has 0 saturated heterocycles. The molecule has 0 unspecified atom stereocenters. The van der Waals surface area contributed by atoms with E-state index in [-0.39, 0.29) is 5.75 Å². The van der Waals surface area contributed by atoms with Crippen molar-refractivity contribution in [3.05, 3.63) is 59.7 Å². The lowest BCUT2D eigenvalue weighted by atomic mass is 10.2. The zero-order valence-electron chi connectivity index (χ0n) is 10.9. The molecule has 0 bridgehead atoms. The molecule has 0 aliphatic heterocycles. The van der Waals surface area contributed by atoms with Crippen LogP contribution in [-0.2, 0) is 0 Å². The van der Waals surface area contributed by atoms with E-state index in [0.29, 0.717) is 4.99 Å². The molecule has 0 atom stereocenters. The summed E-state index contributed by atoms with van der Waals surface area (Å²) < 4.78 is 5.08. The van der Waals surface area contributed by atoms with Crippen molar-refractivity contribution in [1.82, 2.24) is 5.43 Å². The maximum absolute atomic E-state index is 9.17. The van der Waals surface area contributed by atoms with Crippen molar-refractivity contribution in [2.24, 2.45) is 5.10 Å². The Bertz CT molecular complexity index is 607. The number of methoxy groups -OCH3 is 1. The highest BCUT2D eigenvalue weighted by molar-refractivity contribution is 7.80. The standard InChI is InChI=1S/C15H14N2O2S/c1-19-14-8-4-12(5-9-14)15(20)17-16-10-11-2-6-13(18)7-3-11/h2-10,18H,1H3,(H,17,20)/b16-10+. The summed E-state index contributed by atoms with van der Waals surface area (Å²) in [4.78, 5) is 0.530. The molecule has 102 valence electrons. The number of phenolic OH excluding ortho intramolecular Hbond substituents is 1.